The number of amides is 3. The Morgan fingerprint density at radius 1 is 1.00 bits per heavy atom. The highest BCUT2D eigenvalue weighted by molar-refractivity contribution is 6.00. The number of carbonyl (C=O) groups excluding carboxylic acids is 3. The van der Waals surface area contributed by atoms with Gasteiger partial charge in [-0.05, 0) is 69.0 Å². The molecule has 0 bridgehead atoms. The number of hydrogen-bond donors (Lipinski definition) is 2. The normalized spacial score (nSPS) is 13.9. The molecule has 3 amide bonds. The standard InChI is InChI=1S/C23H27N3O3/c1-15-12-16(2)22(17(3)13-15)25-20(27)14-24-23(29)18-7-9-19(10-8-18)26-11-5-4-6-21(26)28/h7-10,12-13H,4-6,11,14H2,1-3H3,(H,24,29)(H,25,27). The van der Waals surface area contributed by atoms with Crippen molar-refractivity contribution in [3.63, 3.8) is 0 Å². The van der Waals surface area contributed by atoms with E-state index in [0.717, 1.165) is 40.9 Å². The number of rotatable bonds is 5. The van der Waals surface area contributed by atoms with E-state index in [1.165, 1.54) is 0 Å². The third-order valence-corrected chi connectivity index (χ3v) is 5.12. The van der Waals surface area contributed by atoms with Crippen LogP contribution in [0.4, 0.5) is 11.4 Å². The molecule has 1 fully saturated rings. The van der Waals surface area contributed by atoms with Crippen LogP contribution in [0.2, 0.25) is 0 Å². The lowest BCUT2D eigenvalue weighted by atomic mass is 10.1. The molecule has 1 saturated heterocycles. The van der Waals surface area contributed by atoms with Crippen LogP contribution in [0.1, 0.15) is 46.3 Å². The summed E-state index contributed by atoms with van der Waals surface area (Å²) in [6, 6.07) is 10.9. The fourth-order valence-electron chi connectivity index (χ4n) is 3.70. The average molecular weight is 393 g/mol. The second-order valence-corrected chi connectivity index (χ2v) is 7.55. The largest absolute Gasteiger partial charge is 0.343 e. The Hall–Kier alpha value is -3.15. The van der Waals surface area contributed by atoms with Crippen LogP contribution in [-0.4, -0.2) is 30.8 Å². The summed E-state index contributed by atoms with van der Waals surface area (Å²) in [6.07, 6.45) is 2.49. The van der Waals surface area contributed by atoms with Gasteiger partial charge in [-0.3, -0.25) is 14.4 Å². The van der Waals surface area contributed by atoms with Gasteiger partial charge in [0.15, 0.2) is 0 Å². The van der Waals surface area contributed by atoms with E-state index in [4.69, 9.17) is 0 Å². The molecule has 0 spiro atoms. The van der Waals surface area contributed by atoms with Gasteiger partial charge in [0, 0.05) is 29.9 Å². The number of benzene rings is 2. The van der Waals surface area contributed by atoms with Crippen molar-refractivity contribution in [3.8, 4) is 0 Å². The van der Waals surface area contributed by atoms with E-state index in [0.29, 0.717) is 18.5 Å². The maximum absolute atomic E-state index is 12.4. The first kappa shape index (κ1) is 20.6. The van der Waals surface area contributed by atoms with Gasteiger partial charge in [-0.2, -0.15) is 0 Å². The summed E-state index contributed by atoms with van der Waals surface area (Å²) >= 11 is 0. The first-order valence-electron chi connectivity index (χ1n) is 9.91. The minimum atomic E-state index is -0.325. The number of nitrogens with one attached hydrogen (secondary N) is 2. The summed E-state index contributed by atoms with van der Waals surface area (Å²) in [5.74, 6) is -0.482. The van der Waals surface area contributed by atoms with Crippen molar-refractivity contribution in [2.75, 3.05) is 23.3 Å². The Kier molecular flexibility index (Phi) is 6.32. The van der Waals surface area contributed by atoms with Crippen molar-refractivity contribution in [2.24, 2.45) is 0 Å². The van der Waals surface area contributed by atoms with Gasteiger partial charge in [-0.15, -0.1) is 0 Å². The first-order valence-corrected chi connectivity index (χ1v) is 9.91. The predicted octanol–water partition coefficient (Wildman–Crippen LogP) is 3.50. The molecule has 0 unspecified atom stereocenters. The Morgan fingerprint density at radius 3 is 2.28 bits per heavy atom. The molecule has 2 aromatic carbocycles. The number of carbonyl (C=O) groups is 3. The molecule has 0 atom stereocenters. The molecule has 0 radical (unpaired) electrons. The summed E-state index contributed by atoms with van der Waals surface area (Å²) in [5, 5.41) is 5.52. The van der Waals surface area contributed by atoms with Crippen LogP contribution in [0, 0.1) is 20.8 Å². The number of anilines is 2. The number of aryl methyl sites for hydroxylation is 3. The van der Waals surface area contributed by atoms with Crippen LogP contribution < -0.4 is 15.5 Å². The zero-order chi connectivity index (χ0) is 21.0. The van der Waals surface area contributed by atoms with E-state index in [9.17, 15) is 14.4 Å². The monoisotopic (exact) mass is 393 g/mol. The average Bonchev–Trinajstić information content (AvgIpc) is 2.69. The molecule has 6 heteroatoms. The summed E-state index contributed by atoms with van der Waals surface area (Å²) in [5.41, 5.74) is 5.16. The maximum atomic E-state index is 12.4. The van der Waals surface area contributed by atoms with Gasteiger partial charge in [0.1, 0.15) is 0 Å². The molecule has 6 nitrogen and oxygen atoms in total. The second-order valence-electron chi connectivity index (χ2n) is 7.55. The molecular weight excluding hydrogens is 366 g/mol. The molecule has 0 aliphatic carbocycles. The van der Waals surface area contributed by atoms with Gasteiger partial charge in [0.25, 0.3) is 5.91 Å². The van der Waals surface area contributed by atoms with Gasteiger partial charge >= 0.3 is 0 Å². The van der Waals surface area contributed by atoms with Gasteiger partial charge in [-0.1, -0.05) is 17.7 Å². The fourth-order valence-corrected chi connectivity index (χ4v) is 3.70. The quantitative estimate of drug-likeness (QED) is 0.816. The fraction of sp³-hybridized carbons (Fsp3) is 0.348. The molecule has 29 heavy (non-hydrogen) atoms. The smallest absolute Gasteiger partial charge is 0.251 e. The lowest BCUT2D eigenvalue weighted by molar-refractivity contribution is -0.119. The lowest BCUT2D eigenvalue weighted by Crippen LogP contribution is -2.35. The van der Waals surface area contributed by atoms with E-state index in [1.807, 2.05) is 32.9 Å². The van der Waals surface area contributed by atoms with Crippen molar-refractivity contribution >= 4 is 29.1 Å². The van der Waals surface area contributed by atoms with E-state index in [1.54, 1.807) is 29.2 Å². The van der Waals surface area contributed by atoms with E-state index < -0.39 is 0 Å². The van der Waals surface area contributed by atoms with Crippen molar-refractivity contribution in [2.45, 2.75) is 40.0 Å². The van der Waals surface area contributed by atoms with Crippen LogP contribution in [-0.2, 0) is 9.59 Å². The maximum Gasteiger partial charge on any atom is 0.251 e. The second kappa shape index (κ2) is 8.90. The van der Waals surface area contributed by atoms with Gasteiger partial charge < -0.3 is 15.5 Å². The zero-order valence-electron chi connectivity index (χ0n) is 17.2. The summed E-state index contributed by atoms with van der Waals surface area (Å²) in [6.45, 7) is 6.50. The first-order chi connectivity index (χ1) is 13.8. The Labute approximate surface area is 171 Å². The Morgan fingerprint density at radius 2 is 1.66 bits per heavy atom. The highest BCUT2D eigenvalue weighted by Gasteiger charge is 2.19. The summed E-state index contributed by atoms with van der Waals surface area (Å²) in [7, 11) is 0. The Balaban J connectivity index is 1.56. The molecule has 0 aromatic heterocycles. The number of piperidine rings is 1. The van der Waals surface area contributed by atoms with Crippen molar-refractivity contribution in [3.05, 3.63) is 58.7 Å². The topological polar surface area (TPSA) is 78.5 Å². The molecule has 2 N–H and O–H groups in total. The molecule has 2 aromatic rings. The highest BCUT2D eigenvalue weighted by atomic mass is 16.2. The highest BCUT2D eigenvalue weighted by Crippen LogP contribution is 2.22. The predicted molar refractivity (Wildman–Crippen MR) is 114 cm³/mol. The number of nitrogens with zero attached hydrogens (tertiary/aromatic N) is 1. The number of hydrogen-bond acceptors (Lipinski definition) is 3. The summed E-state index contributed by atoms with van der Waals surface area (Å²) < 4.78 is 0. The van der Waals surface area contributed by atoms with Crippen LogP contribution in [0.3, 0.4) is 0 Å². The molecule has 1 aliphatic heterocycles. The lowest BCUT2D eigenvalue weighted by Gasteiger charge is -2.26. The molecular formula is C23H27N3O3. The zero-order valence-corrected chi connectivity index (χ0v) is 17.2. The van der Waals surface area contributed by atoms with Crippen molar-refractivity contribution in [1.82, 2.24) is 5.32 Å². The Bertz CT molecular complexity index is 912. The third-order valence-electron chi connectivity index (χ3n) is 5.12. The van der Waals surface area contributed by atoms with Crippen LogP contribution in [0.5, 0.6) is 0 Å². The minimum Gasteiger partial charge on any atom is -0.343 e. The molecule has 0 saturated carbocycles. The van der Waals surface area contributed by atoms with Crippen molar-refractivity contribution < 1.29 is 14.4 Å². The van der Waals surface area contributed by atoms with Crippen LogP contribution >= 0.6 is 0 Å². The van der Waals surface area contributed by atoms with Gasteiger partial charge in [0.2, 0.25) is 11.8 Å². The van der Waals surface area contributed by atoms with Crippen LogP contribution in [0.15, 0.2) is 36.4 Å². The third kappa shape index (κ3) is 5.02. The van der Waals surface area contributed by atoms with E-state index in [-0.39, 0.29) is 24.3 Å². The molecule has 1 heterocycles. The summed E-state index contributed by atoms with van der Waals surface area (Å²) in [4.78, 5) is 38.4. The van der Waals surface area contributed by atoms with Crippen molar-refractivity contribution in [1.29, 1.82) is 0 Å². The molecule has 1 aliphatic rings. The molecule has 152 valence electrons. The van der Waals surface area contributed by atoms with Gasteiger partial charge in [-0.25, -0.2) is 0 Å². The van der Waals surface area contributed by atoms with E-state index >= 15 is 0 Å². The minimum absolute atomic E-state index is 0.113. The SMILES string of the molecule is Cc1cc(C)c(NC(=O)CNC(=O)c2ccc(N3CCCCC3=O)cc2)c(C)c1. The molecule has 3 rings (SSSR count). The van der Waals surface area contributed by atoms with E-state index in [2.05, 4.69) is 10.6 Å². The van der Waals surface area contributed by atoms with Crippen LogP contribution in [0.25, 0.3) is 0 Å². The van der Waals surface area contributed by atoms with Gasteiger partial charge in [0.05, 0.1) is 6.54 Å².